The Morgan fingerprint density at radius 1 is 0.804 bits per heavy atom. The molecule has 1 aliphatic heterocycles. The zero-order valence-electron chi connectivity index (χ0n) is 26.5. The monoisotopic (exact) mass is 627 g/mol. The number of carbonyl (C=O) groups excluding carboxylic acids is 3. The van der Waals surface area contributed by atoms with Crippen molar-refractivity contribution >= 4 is 17.7 Å². The van der Waals surface area contributed by atoms with Crippen LogP contribution in [0.3, 0.4) is 0 Å². The molecular formula is C36H37NO9. The Morgan fingerprint density at radius 2 is 1.46 bits per heavy atom. The largest absolute Gasteiger partial charge is 0.493 e. The molecule has 3 aromatic carbocycles. The number of benzene rings is 3. The van der Waals surface area contributed by atoms with Gasteiger partial charge in [0.25, 0.3) is 0 Å². The van der Waals surface area contributed by atoms with Gasteiger partial charge >= 0.3 is 11.9 Å². The predicted molar refractivity (Wildman–Crippen MR) is 169 cm³/mol. The molecule has 1 aliphatic carbocycles. The van der Waals surface area contributed by atoms with E-state index in [-0.39, 0.29) is 37.1 Å². The number of esters is 2. The Bertz CT molecular complexity index is 1690. The number of carbonyl (C=O) groups is 3. The standard InChI is InChI=1S/C36H37NO9/c1-21-33(36(40)45-16-15-44-26-9-7-6-8-10-26)34(24-12-14-30(46-22(2)38)32(20-24)43-5)35-27(37-21)17-25(18-28(35)39)23-11-13-29(41-3)31(19-23)42-4/h6-14,19-20,25,34,37H,15-18H2,1-5H3/t25-,34+/m0/s1. The summed E-state index contributed by atoms with van der Waals surface area (Å²) in [5.74, 6) is 0.314. The van der Waals surface area contributed by atoms with Gasteiger partial charge in [0.15, 0.2) is 28.8 Å². The highest BCUT2D eigenvalue weighted by molar-refractivity contribution is 6.04. The van der Waals surface area contributed by atoms with Crippen LogP contribution in [0.15, 0.2) is 89.3 Å². The molecule has 2 aliphatic rings. The van der Waals surface area contributed by atoms with Crippen LogP contribution in [0.4, 0.5) is 0 Å². The smallest absolute Gasteiger partial charge is 0.336 e. The first-order chi connectivity index (χ1) is 22.2. The molecule has 240 valence electrons. The molecule has 0 radical (unpaired) electrons. The number of rotatable bonds is 11. The fourth-order valence-corrected chi connectivity index (χ4v) is 5.98. The average molecular weight is 628 g/mol. The summed E-state index contributed by atoms with van der Waals surface area (Å²) in [6.07, 6.45) is 0.752. The molecule has 1 N–H and O–H groups in total. The molecule has 0 spiro atoms. The topological polar surface area (TPSA) is 119 Å². The summed E-state index contributed by atoms with van der Waals surface area (Å²) < 4.78 is 33.1. The minimum absolute atomic E-state index is 0.00711. The molecule has 5 rings (SSSR count). The fraction of sp³-hybridized carbons (Fsp3) is 0.306. The van der Waals surface area contributed by atoms with Gasteiger partial charge in [-0.1, -0.05) is 30.3 Å². The van der Waals surface area contributed by atoms with Crippen molar-refractivity contribution in [2.24, 2.45) is 0 Å². The van der Waals surface area contributed by atoms with Crippen molar-refractivity contribution in [3.63, 3.8) is 0 Å². The number of dihydropyridines is 1. The number of nitrogens with one attached hydrogen (secondary N) is 1. The summed E-state index contributed by atoms with van der Waals surface area (Å²) in [5, 5.41) is 3.36. The second kappa shape index (κ2) is 14.2. The molecule has 3 aromatic rings. The zero-order valence-corrected chi connectivity index (χ0v) is 26.5. The maximum atomic E-state index is 14.1. The first kappa shape index (κ1) is 32.2. The van der Waals surface area contributed by atoms with Gasteiger partial charge in [-0.2, -0.15) is 0 Å². The third-order valence-corrected chi connectivity index (χ3v) is 8.03. The number of Topliss-reactive ketones (excluding diaryl/α,β-unsaturated/α-hetero) is 1. The van der Waals surface area contributed by atoms with Gasteiger partial charge in [0, 0.05) is 36.2 Å². The minimum atomic E-state index is -0.752. The van der Waals surface area contributed by atoms with Crippen LogP contribution in [0.2, 0.25) is 0 Å². The maximum Gasteiger partial charge on any atom is 0.336 e. The highest BCUT2D eigenvalue weighted by Gasteiger charge is 2.42. The number of hydrogen-bond donors (Lipinski definition) is 1. The van der Waals surface area contributed by atoms with Crippen molar-refractivity contribution < 1.29 is 42.8 Å². The molecule has 0 fully saturated rings. The average Bonchev–Trinajstić information content (AvgIpc) is 3.06. The van der Waals surface area contributed by atoms with Gasteiger partial charge in [0.05, 0.1) is 26.9 Å². The fourth-order valence-electron chi connectivity index (χ4n) is 5.98. The van der Waals surface area contributed by atoms with Gasteiger partial charge < -0.3 is 33.7 Å². The Kier molecular flexibility index (Phi) is 9.95. The molecular weight excluding hydrogens is 590 g/mol. The number of para-hydroxylation sites is 1. The van der Waals surface area contributed by atoms with Crippen molar-refractivity contribution in [2.45, 2.75) is 38.5 Å². The Hall–Kier alpha value is -5.25. The zero-order chi connectivity index (χ0) is 32.8. The molecule has 0 saturated heterocycles. The second-order valence-corrected chi connectivity index (χ2v) is 10.9. The summed E-state index contributed by atoms with van der Waals surface area (Å²) in [5.41, 5.74) is 3.64. The van der Waals surface area contributed by atoms with E-state index in [0.717, 1.165) is 11.3 Å². The SMILES string of the molecule is COc1ccc([C@@H]2CC(=O)C3=C(C2)NC(C)=C(C(=O)OCCOc2ccccc2)[C@H]3c2ccc(OC(C)=O)c(OC)c2)cc1OC. The van der Waals surface area contributed by atoms with Crippen LogP contribution in [0, 0.1) is 0 Å². The lowest BCUT2D eigenvalue weighted by Crippen LogP contribution is -2.36. The van der Waals surface area contributed by atoms with Gasteiger partial charge in [0.1, 0.15) is 19.0 Å². The number of methoxy groups -OCH3 is 3. The van der Waals surface area contributed by atoms with Crippen LogP contribution >= 0.6 is 0 Å². The Labute approximate surface area is 267 Å². The van der Waals surface area contributed by atoms with Crippen molar-refractivity contribution in [3.8, 4) is 28.7 Å². The van der Waals surface area contributed by atoms with Crippen LogP contribution in [-0.2, 0) is 19.1 Å². The van der Waals surface area contributed by atoms with E-state index in [1.165, 1.54) is 14.0 Å². The molecule has 10 nitrogen and oxygen atoms in total. The third kappa shape index (κ3) is 6.86. The minimum Gasteiger partial charge on any atom is -0.493 e. The molecule has 10 heteroatoms. The Balaban J connectivity index is 1.49. The van der Waals surface area contributed by atoms with Crippen molar-refractivity contribution in [3.05, 3.63) is 100 Å². The van der Waals surface area contributed by atoms with Crippen LogP contribution in [-0.4, -0.2) is 52.3 Å². The Morgan fingerprint density at radius 3 is 2.15 bits per heavy atom. The maximum absolute atomic E-state index is 14.1. The van der Waals surface area contributed by atoms with E-state index < -0.39 is 17.9 Å². The lowest BCUT2D eigenvalue weighted by Gasteiger charge is -2.37. The van der Waals surface area contributed by atoms with E-state index >= 15 is 0 Å². The van der Waals surface area contributed by atoms with Crippen LogP contribution < -0.4 is 29.0 Å². The number of ether oxygens (including phenoxy) is 6. The van der Waals surface area contributed by atoms with Gasteiger partial charge in [-0.15, -0.1) is 0 Å². The van der Waals surface area contributed by atoms with Crippen LogP contribution in [0.5, 0.6) is 28.7 Å². The number of hydrogen-bond acceptors (Lipinski definition) is 10. The normalized spacial score (nSPS) is 17.5. The quantitative estimate of drug-likeness (QED) is 0.163. The predicted octanol–water partition coefficient (Wildman–Crippen LogP) is 5.62. The van der Waals surface area contributed by atoms with Gasteiger partial charge in [-0.25, -0.2) is 4.79 Å². The third-order valence-electron chi connectivity index (χ3n) is 8.03. The van der Waals surface area contributed by atoms with Crippen molar-refractivity contribution in [1.29, 1.82) is 0 Å². The molecule has 1 heterocycles. The van der Waals surface area contributed by atoms with Gasteiger partial charge in [-0.05, 0) is 66.8 Å². The first-order valence-corrected chi connectivity index (χ1v) is 14.9. The van der Waals surface area contributed by atoms with Crippen LogP contribution in [0.25, 0.3) is 0 Å². The molecule has 0 saturated carbocycles. The highest BCUT2D eigenvalue weighted by atomic mass is 16.6. The van der Waals surface area contributed by atoms with E-state index in [2.05, 4.69) is 5.32 Å². The van der Waals surface area contributed by atoms with Gasteiger partial charge in [-0.3, -0.25) is 9.59 Å². The van der Waals surface area contributed by atoms with E-state index in [9.17, 15) is 14.4 Å². The highest BCUT2D eigenvalue weighted by Crippen LogP contribution is 2.47. The molecule has 46 heavy (non-hydrogen) atoms. The first-order valence-electron chi connectivity index (χ1n) is 14.9. The molecule has 2 atom stereocenters. The van der Waals surface area contributed by atoms with Crippen LogP contribution in [0.1, 0.15) is 49.7 Å². The van der Waals surface area contributed by atoms with E-state index in [1.54, 1.807) is 39.3 Å². The second-order valence-electron chi connectivity index (χ2n) is 10.9. The lowest BCUT2D eigenvalue weighted by molar-refractivity contribution is -0.140. The van der Waals surface area contributed by atoms with E-state index in [4.69, 9.17) is 28.4 Å². The van der Waals surface area contributed by atoms with Crippen molar-refractivity contribution in [2.75, 3.05) is 34.5 Å². The summed E-state index contributed by atoms with van der Waals surface area (Å²) in [4.78, 5) is 39.5. The lowest BCUT2D eigenvalue weighted by atomic mass is 9.71. The van der Waals surface area contributed by atoms with E-state index in [1.807, 2.05) is 48.5 Å². The molecule has 0 unspecified atom stereocenters. The number of allylic oxidation sites excluding steroid dienone is 3. The van der Waals surface area contributed by atoms with Crippen molar-refractivity contribution in [1.82, 2.24) is 5.32 Å². The van der Waals surface area contributed by atoms with Gasteiger partial charge in [0.2, 0.25) is 0 Å². The molecule has 0 amide bonds. The summed E-state index contributed by atoms with van der Waals surface area (Å²) in [6.45, 7) is 3.26. The number of ketones is 1. The molecule has 0 aromatic heterocycles. The summed E-state index contributed by atoms with van der Waals surface area (Å²) >= 11 is 0. The molecule has 0 bridgehead atoms. The van der Waals surface area contributed by atoms with E-state index in [0.29, 0.717) is 51.8 Å². The summed E-state index contributed by atoms with van der Waals surface area (Å²) in [6, 6.07) is 19.9. The summed E-state index contributed by atoms with van der Waals surface area (Å²) in [7, 11) is 4.61.